The molecule has 5 nitrogen and oxygen atoms in total. The van der Waals surface area contributed by atoms with Crippen LogP contribution >= 0.6 is 0 Å². The van der Waals surface area contributed by atoms with E-state index in [-0.39, 0.29) is 6.03 Å². The summed E-state index contributed by atoms with van der Waals surface area (Å²) < 4.78 is 0. The molecule has 0 aliphatic carbocycles. The van der Waals surface area contributed by atoms with Crippen LogP contribution in [-0.2, 0) is 0 Å². The van der Waals surface area contributed by atoms with Gasteiger partial charge in [-0.1, -0.05) is 0 Å². The topological polar surface area (TPSA) is 47.6 Å². The van der Waals surface area contributed by atoms with Crippen molar-refractivity contribution in [1.29, 1.82) is 0 Å². The summed E-state index contributed by atoms with van der Waals surface area (Å²) in [5, 5.41) is 6.10. The van der Waals surface area contributed by atoms with E-state index in [9.17, 15) is 4.79 Å². The molecule has 1 aliphatic heterocycles. The normalized spacial score (nSPS) is 16.9. The Morgan fingerprint density at radius 3 is 1.86 bits per heavy atom. The molecule has 5 heteroatoms. The van der Waals surface area contributed by atoms with E-state index in [1.807, 2.05) is 23.9 Å². The molecular weight excluding hydrogens is 180 g/mol. The predicted octanol–water partition coefficient (Wildman–Crippen LogP) is -0.837. The number of nitrogens with one attached hydrogen (secondary N) is 2. The molecule has 0 aromatic carbocycles. The minimum absolute atomic E-state index is 0.176. The Labute approximate surface area is 85.4 Å². The molecule has 1 heterocycles. The molecule has 1 fully saturated rings. The maximum atomic E-state index is 11.7. The predicted molar refractivity (Wildman–Crippen MR) is 56.4 cm³/mol. The Kier molecular flexibility index (Phi) is 4.69. The summed E-state index contributed by atoms with van der Waals surface area (Å²) >= 11 is 0. The zero-order chi connectivity index (χ0) is 10.4. The number of carbonyl (C=O) groups excluding carboxylic acids is 1. The van der Waals surface area contributed by atoms with Gasteiger partial charge in [0.15, 0.2) is 0 Å². The Morgan fingerprint density at radius 1 is 1.07 bits per heavy atom. The molecule has 2 amide bonds. The lowest BCUT2D eigenvalue weighted by atomic mass is 10.5. The smallest absolute Gasteiger partial charge is 0.320 e. The van der Waals surface area contributed by atoms with Gasteiger partial charge in [-0.3, -0.25) is 0 Å². The second kappa shape index (κ2) is 5.82. The molecule has 0 spiro atoms. The van der Waals surface area contributed by atoms with E-state index in [0.29, 0.717) is 0 Å². The SMILES string of the molecule is CNCCN1CCN(CCNC)C1=O. The highest BCUT2D eigenvalue weighted by Gasteiger charge is 2.26. The van der Waals surface area contributed by atoms with Gasteiger partial charge in [-0.05, 0) is 14.1 Å². The van der Waals surface area contributed by atoms with E-state index >= 15 is 0 Å². The van der Waals surface area contributed by atoms with Crippen molar-refractivity contribution in [2.24, 2.45) is 0 Å². The summed E-state index contributed by atoms with van der Waals surface area (Å²) in [4.78, 5) is 15.5. The fourth-order valence-corrected chi connectivity index (χ4v) is 1.54. The van der Waals surface area contributed by atoms with Crippen LogP contribution in [0.2, 0.25) is 0 Å². The minimum Gasteiger partial charge on any atom is -0.322 e. The zero-order valence-electron chi connectivity index (χ0n) is 9.05. The molecule has 0 unspecified atom stereocenters. The maximum Gasteiger partial charge on any atom is 0.320 e. The monoisotopic (exact) mass is 200 g/mol. The third-order valence-corrected chi connectivity index (χ3v) is 2.44. The van der Waals surface area contributed by atoms with E-state index in [2.05, 4.69) is 10.6 Å². The average Bonchev–Trinajstić information content (AvgIpc) is 2.54. The largest absolute Gasteiger partial charge is 0.322 e. The van der Waals surface area contributed by atoms with Crippen LogP contribution in [0.1, 0.15) is 0 Å². The first-order valence-electron chi connectivity index (χ1n) is 5.12. The lowest BCUT2D eigenvalue weighted by molar-refractivity contribution is 0.192. The summed E-state index contributed by atoms with van der Waals surface area (Å²) in [6.45, 7) is 5.09. The van der Waals surface area contributed by atoms with E-state index in [1.54, 1.807) is 0 Å². The quantitative estimate of drug-likeness (QED) is 0.588. The van der Waals surface area contributed by atoms with Crippen molar-refractivity contribution in [3.8, 4) is 0 Å². The molecule has 0 radical (unpaired) electrons. The number of nitrogens with zero attached hydrogens (tertiary/aromatic N) is 2. The number of carbonyl (C=O) groups is 1. The highest BCUT2D eigenvalue weighted by molar-refractivity contribution is 5.76. The van der Waals surface area contributed by atoms with Crippen LogP contribution in [0.4, 0.5) is 4.79 Å². The van der Waals surface area contributed by atoms with Crippen molar-refractivity contribution in [3.63, 3.8) is 0 Å². The second-order valence-corrected chi connectivity index (χ2v) is 3.46. The molecule has 0 bridgehead atoms. The van der Waals surface area contributed by atoms with Crippen LogP contribution in [0.5, 0.6) is 0 Å². The molecule has 82 valence electrons. The number of hydrogen-bond acceptors (Lipinski definition) is 3. The highest BCUT2D eigenvalue weighted by Crippen LogP contribution is 2.06. The zero-order valence-corrected chi connectivity index (χ0v) is 9.05. The van der Waals surface area contributed by atoms with Crippen molar-refractivity contribution in [1.82, 2.24) is 20.4 Å². The molecule has 1 rings (SSSR count). The van der Waals surface area contributed by atoms with Crippen molar-refractivity contribution in [2.45, 2.75) is 0 Å². The van der Waals surface area contributed by atoms with Gasteiger partial charge in [0.1, 0.15) is 0 Å². The standard InChI is InChI=1S/C9H20N4O/c1-10-3-5-12-7-8-13(9(12)14)6-4-11-2/h10-11H,3-8H2,1-2H3. The summed E-state index contributed by atoms with van der Waals surface area (Å²) in [5.41, 5.74) is 0. The molecule has 0 aromatic rings. The number of hydrogen-bond donors (Lipinski definition) is 2. The van der Waals surface area contributed by atoms with Crippen LogP contribution < -0.4 is 10.6 Å². The van der Waals surface area contributed by atoms with Crippen LogP contribution in [-0.4, -0.2) is 69.2 Å². The number of rotatable bonds is 6. The molecule has 14 heavy (non-hydrogen) atoms. The van der Waals surface area contributed by atoms with Crippen LogP contribution in [0.15, 0.2) is 0 Å². The van der Waals surface area contributed by atoms with Crippen molar-refractivity contribution in [2.75, 3.05) is 53.4 Å². The number of likely N-dealkylation sites (N-methyl/N-ethyl adjacent to an activating group) is 2. The molecule has 0 aromatic heterocycles. The summed E-state index contributed by atoms with van der Waals surface area (Å²) in [5.74, 6) is 0. The Hall–Kier alpha value is -0.810. The average molecular weight is 200 g/mol. The molecule has 2 N–H and O–H groups in total. The summed E-state index contributed by atoms with van der Waals surface area (Å²) in [6, 6.07) is 0.176. The van der Waals surface area contributed by atoms with Gasteiger partial charge in [0.05, 0.1) is 0 Å². The van der Waals surface area contributed by atoms with E-state index in [1.165, 1.54) is 0 Å². The van der Waals surface area contributed by atoms with E-state index in [4.69, 9.17) is 0 Å². The molecular formula is C9H20N4O. The third kappa shape index (κ3) is 2.85. The van der Waals surface area contributed by atoms with Gasteiger partial charge in [0, 0.05) is 39.3 Å². The van der Waals surface area contributed by atoms with Crippen LogP contribution in [0.3, 0.4) is 0 Å². The first-order valence-corrected chi connectivity index (χ1v) is 5.12. The first-order chi connectivity index (χ1) is 6.79. The number of amides is 2. The summed E-state index contributed by atoms with van der Waals surface area (Å²) in [6.07, 6.45) is 0. The molecule has 1 aliphatic rings. The van der Waals surface area contributed by atoms with Gasteiger partial charge in [-0.2, -0.15) is 0 Å². The van der Waals surface area contributed by atoms with Gasteiger partial charge in [0.2, 0.25) is 0 Å². The minimum atomic E-state index is 0.176. The van der Waals surface area contributed by atoms with E-state index < -0.39 is 0 Å². The van der Waals surface area contributed by atoms with Gasteiger partial charge in [0.25, 0.3) is 0 Å². The fraction of sp³-hybridized carbons (Fsp3) is 0.889. The summed E-state index contributed by atoms with van der Waals surface area (Å²) in [7, 11) is 3.80. The second-order valence-electron chi connectivity index (χ2n) is 3.46. The van der Waals surface area contributed by atoms with Crippen molar-refractivity contribution in [3.05, 3.63) is 0 Å². The Bertz CT molecular complexity index is 168. The first kappa shape index (κ1) is 11.3. The third-order valence-electron chi connectivity index (χ3n) is 2.44. The van der Waals surface area contributed by atoms with Gasteiger partial charge in [-0.25, -0.2) is 4.79 Å². The van der Waals surface area contributed by atoms with Crippen molar-refractivity contribution < 1.29 is 4.79 Å². The van der Waals surface area contributed by atoms with Crippen LogP contribution in [0.25, 0.3) is 0 Å². The molecule has 0 saturated carbocycles. The Morgan fingerprint density at radius 2 is 1.50 bits per heavy atom. The Balaban J connectivity index is 2.28. The van der Waals surface area contributed by atoms with Crippen molar-refractivity contribution >= 4 is 6.03 Å². The fourth-order valence-electron chi connectivity index (χ4n) is 1.54. The van der Waals surface area contributed by atoms with Gasteiger partial charge in [-0.15, -0.1) is 0 Å². The molecule has 0 atom stereocenters. The highest BCUT2D eigenvalue weighted by atomic mass is 16.2. The van der Waals surface area contributed by atoms with Gasteiger partial charge < -0.3 is 20.4 Å². The molecule has 1 saturated heterocycles. The van der Waals surface area contributed by atoms with Gasteiger partial charge >= 0.3 is 6.03 Å². The van der Waals surface area contributed by atoms with E-state index in [0.717, 1.165) is 39.3 Å². The lowest BCUT2D eigenvalue weighted by Crippen LogP contribution is -2.37. The number of urea groups is 1. The lowest BCUT2D eigenvalue weighted by Gasteiger charge is -2.18. The van der Waals surface area contributed by atoms with Crippen LogP contribution in [0, 0.1) is 0 Å². The maximum absolute atomic E-state index is 11.7.